The molecule has 0 bridgehead atoms. The molecule has 0 unspecified atom stereocenters. The van der Waals surface area contributed by atoms with Gasteiger partial charge >= 0.3 is 5.69 Å². The lowest BCUT2D eigenvalue weighted by atomic mass is 9.96. The first-order chi connectivity index (χ1) is 15.5. The molecular weight excluding hydrogens is 410 g/mol. The predicted octanol–water partition coefficient (Wildman–Crippen LogP) is 2.17. The Morgan fingerprint density at radius 3 is 2.81 bits per heavy atom. The molecule has 1 fully saturated rings. The quantitative estimate of drug-likeness (QED) is 0.494. The molecule has 2 heterocycles. The van der Waals surface area contributed by atoms with E-state index in [1.165, 1.54) is 11.0 Å². The molecule has 9 nitrogen and oxygen atoms in total. The van der Waals surface area contributed by atoms with Crippen molar-refractivity contribution in [3.8, 4) is 5.75 Å². The molecule has 172 valence electrons. The fourth-order valence-electron chi connectivity index (χ4n) is 4.26. The first kappa shape index (κ1) is 22.1. The zero-order valence-corrected chi connectivity index (χ0v) is 18.6. The second kappa shape index (κ2) is 9.60. The molecule has 1 aliphatic carbocycles. The minimum Gasteiger partial charge on any atom is -0.491 e. The van der Waals surface area contributed by atoms with Crippen LogP contribution in [-0.2, 0) is 20.0 Å². The van der Waals surface area contributed by atoms with Crippen LogP contribution in [0.4, 0.5) is 5.95 Å². The van der Waals surface area contributed by atoms with Gasteiger partial charge in [-0.25, -0.2) is 4.79 Å². The molecule has 32 heavy (non-hydrogen) atoms. The molecule has 3 aromatic rings. The van der Waals surface area contributed by atoms with Crippen molar-refractivity contribution < 1.29 is 9.84 Å². The van der Waals surface area contributed by atoms with Crippen LogP contribution in [0, 0.1) is 0 Å². The molecule has 0 saturated heterocycles. The third-order valence-electron chi connectivity index (χ3n) is 6.09. The number of anilines is 1. The Balaban J connectivity index is 1.60. The number of fused-ring (bicyclic) bond motifs is 1. The highest BCUT2D eigenvalue weighted by molar-refractivity contribution is 5.74. The number of nitrogens with zero attached hydrogens (tertiary/aromatic N) is 3. The van der Waals surface area contributed by atoms with Gasteiger partial charge < -0.3 is 19.7 Å². The monoisotopic (exact) mass is 441 g/mol. The fraction of sp³-hybridized carbons (Fsp3) is 0.522. The van der Waals surface area contributed by atoms with Gasteiger partial charge in [0.1, 0.15) is 18.5 Å². The Kier molecular flexibility index (Phi) is 6.64. The normalized spacial score (nSPS) is 15.7. The molecule has 0 spiro atoms. The standard InChI is InChI=1S/C23H31N5O4/c1-3-15-8-7-11-18(12-15)32-14-17(29)13-28-19-20(27(2)23(31)26-21(19)30)25-22(28)24-16-9-5-4-6-10-16/h7-8,11-12,16-17,29H,3-6,9-10,13-14H2,1-2H3,(H,24,25)(H,26,30,31)/t17-/m0/s1. The number of nitrogens with one attached hydrogen (secondary N) is 2. The topological polar surface area (TPSA) is 114 Å². The number of aromatic nitrogens is 4. The van der Waals surface area contributed by atoms with E-state index >= 15 is 0 Å². The number of aliphatic hydroxyl groups excluding tert-OH is 1. The van der Waals surface area contributed by atoms with Gasteiger partial charge in [0.2, 0.25) is 5.95 Å². The Hall–Kier alpha value is -3.07. The van der Waals surface area contributed by atoms with Crippen LogP contribution in [0.25, 0.3) is 11.2 Å². The first-order valence-corrected chi connectivity index (χ1v) is 11.3. The summed E-state index contributed by atoms with van der Waals surface area (Å²) in [6, 6.07) is 8.02. The molecule has 9 heteroatoms. The van der Waals surface area contributed by atoms with Crippen LogP contribution in [0.2, 0.25) is 0 Å². The molecule has 1 aromatic carbocycles. The molecule has 0 amide bonds. The number of benzene rings is 1. The van der Waals surface area contributed by atoms with Crippen molar-refractivity contribution in [2.24, 2.45) is 7.05 Å². The highest BCUT2D eigenvalue weighted by Gasteiger charge is 2.22. The average Bonchev–Trinajstić information content (AvgIpc) is 3.15. The van der Waals surface area contributed by atoms with E-state index in [-0.39, 0.29) is 24.7 Å². The highest BCUT2D eigenvalue weighted by atomic mass is 16.5. The molecule has 4 rings (SSSR count). The van der Waals surface area contributed by atoms with Crippen molar-refractivity contribution in [3.63, 3.8) is 0 Å². The Morgan fingerprint density at radius 1 is 1.28 bits per heavy atom. The zero-order valence-electron chi connectivity index (χ0n) is 18.6. The van der Waals surface area contributed by atoms with Crippen molar-refractivity contribution in [2.75, 3.05) is 11.9 Å². The number of hydrogen-bond donors (Lipinski definition) is 3. The molecule has 1 atom stereocenters. The van der Waals surface area contributed by atoms with E-state index in [2.05, 4.69) is 22.2 Å². The lowest BCUT2D eigenvalue weighted by Gasteiger charge is -2.24. The molecule has 2 aromatic heterocycles. The summed E-state index contributed by atoms with van der Waals surface area (Å²) in [4.78, 5) is 31.6. The largest absolute Gasteiger partial charge is 0.491 e. The Bertz CT molecular complexity index is 1190. The van der Waals surface area contributed by atoms with Gasteiger partial charge in [0.15, 0.2) is 11.2 Å². The number of aryl methyl sites for hydroxylation is 2. The second-order valence-electron chi connectivity index (χ2n) is 8.48. The van der Waals surface area contributed by atoms with Gasteiger partial charge in [0.25, 0.3) is 5.56 Å². The van der Waals surface area contributed by atoms with Gasteiger partial charge in [-0.3, -0.25) is 14.3 Å². The number of aromatic amines is 1. The van der Waals surface area contributed by atoms with E-state index in [1.54, 1.807) is 11.6 Å². The first-order valence-electron chi connectivity index (χ1n) is 11.3. The zero-order chi connectivity index (χ0) is 22.7. The van der Waals surface area contributed by atoms with E-state index in [4.69, 9.17) is 4.74 Å². The van der Waals surface area contributed by atoms with Gasteiger partial charge in [-0.15, -0.1) is 0 Å². The summed E-state index contributed by atoms with van der Waals surface area (Å²) >= 11 is 0. The third kappa shape index (κ3) is 4.72. The summed E-state index contributed by atoms with van der Waals surface area (Å²) in [6.07, 6.45) is 5.59. The van der Waals surface area contributed by atoms with Crippen molar-refractivity contribution >= 4 is 17.1 Å². The molecule has 1 saturated carbocycles. The lowest BCUT2D eigenvalue weighted by Crippen LogP contribution is -2.31. The van der Waals surface area contributed by atoms with E-state index in [0.29, 0.717) is 17.3 Å². The maximum absolute atomic E-state index is 12.6. The summed E-state index contributed by atoms with van der Waals surface area (Å²) < 4.78 is 8.77. The van der Waals surface area contributed by atoms with Crippen molar-refractivity contribution in [1.29, 1.82) is 0 Å². The van der Waals surface area contributed by atoms with Crippen LogP contribution < -0.4 is 21.3 Å². The van der Waals surface area contributed by atoms with Crippen molar-refractivity contribution in [1.82, 2.24) is 19.1 Å². The SMILES string of the molecule is CCc1cccc(OC[C@@H](O)Cn2c(NC3CCCCC3)nc3c2c(=O)[nH]c(=O)n3C)c1. The van der Waals surface area contributed by atoms with Gasteiger partial charge in [-0.05, 0) is 37.0 Å². The summed E-state index contributed by atoms with van der Waals surface area (Å²) in [5.41, 5.74) is 0.675. The van der Waals surface area contributed by atoms with Crippen molar-refractivity contribution in [3.05, 3.63) is 50.7 Å². The van der Waals surface area contributed by atoms with Crippen LogP contribution in [-0.4, -0.2) is 43.0 Å². The van der Waals surface area contributed by atoms with Crippen LogP contribution in [0.3, 0.4) is 0 Å². The van der Waals surface area contributed by atoms with E-state index in [1.807, 2.05) is 24.3 Å². The second-order valence-corrected chi connectivity index (χ2v) is 8.48. The fourth-order valence-corrected chi connectivity index (χ4v) is 4.26. The van der Waals surface area contributed by atoms with Gasteiger partial charge in [0.05, 0.1) is 6.54 Å². The van der Waals surface area contributed by atoms with Gasteiger partial charge in [-0.1, -0.05) is 38.3 Å². The maximum Gasteiger partial charge on any atom is 0.329 e. The number of ether oxygens (including phenoxy) is 1. The van der Waals surface area contributed by atoms with Gasteiger partial charge in [0, 0.05) is 13.1 Å². The number of aliphatic hydroxyl groups is 1. The van der Waals surface area contributed by atoms with Crippen LogP contribution in [0.15, 0.2) is 33.9 Å². The summed E-state index contributed by atoms with van der Waals surface area (Å²) in [5, 5.41) is 14.2. The molecule has 1 aliphatic rings. The van der Waals surface area contributed by atoms with E-state index in [0.717, 1.165) is 37.7 Å². The summed E-state index contributed by atoms with van der Waals surface area (Å²) in [5.74, 6) is 1.19. The summed E-state index contributed by atoms with van der Waals surface area (Å²) in [7, 11) is 1.57. The molecule has 0 aliphatic heterocycles. The Morgan fingerprint density at radius 2 is 2.06 bits per heavy atom. The number of hydrogen-bond acceptors (Lipinski definition) is 6. The number of imidazole rings is 1. The number of rotatable bonds is 8. The van der Waals surface area contributed by atoms with Crippen LogP contribution >= 0.6 is 0 Å². The maximum atomic E-state index is 12.6. The van der Waals surface area contributed by atoms with Crippen LogP contribution in [0.1, 0.15) is 44.6 Å². The molecular formula is C23H31N5O4. The lowest BCUT2D eigenvalue weighted by molar-refractivity contribution is 0.0937. The van der Waals surface area contributed by atoms with E-state index in [9.17, 15) is 14.7 Å². The number of H-pyrrole nitrogens is 1. The van der Waals surface area contributed by atoms with E-state index < -0.39 is 17.4 Å². The summed E-state index contributed by atoms with van der Waals surface area (Å²) in [6.45, 7) is 2.25. The highest BCUT2D eigenvalue weighted by Crippen LogP contribution is 2.23. The van der Waals surface area contributed by atoms with Crippen LogP contribution in [0.5, 0.6) is 5.75 Å². The Labute approximate surface area is 186 Å². The molecule has 0 radical (unpaired) electrons. The predicted molar refractivity (Wildman–Crippen MR) is 123 cm³/mol. The van der Waals surface area contributed by atoms with Gasteiger partial charge in [-0.2, -0.15) is 4.98 Å². The average molecular weight is 442 g/mol. The third-order valence-corrected chi connectivity index (χ3v) is 6.09. The minimum absolute atomic E-state index is 0.0688. The minimum atomic E-state index is -0.874. The van der Waals surface area contributed by atoms with Crippen molar-refractivity contribution in [2.45, 2.75) is 64.1 Å². The molecule has 3 N–H and O–H groups in total. The smallest absolute Gasteiger partial charge is 0.329 e.